The zero-order valence-corrected chi connectivity index (χ0v) is 11.5. The Hall–Kier alpha value is -0.970. The van der Waals surface area contributed by atoms with Crippen LogP contribution in [0.1, 0.15) is 57.2 Å². The van der Waals surface area contributed by atoms with Crippen molar-refractivity contribution < 1.29 is 8.78 Å². The smallest absolute Gasteiger partial charge is 0.248 e. The molecule has 1 aromatic heterocycles. The maximum atomic E-state index is 13.3. The summed E-state index contributed by atoms with van der Waals surface area (Å²) < 4.78 is 28.6. The van der Waals surface area contributed by atoms with Crippen LogP contribution in [0.4, 0.5) is 8.78 Å². The summed E-state index contributed by atoms with van der Waals surface area (Å²) in [6, 6.07) is 0.538. The summed E-state index contributed by atoms with van der Waals surface area (Å²) >= 11 is 0. The summed E-state index contributed by atoms with van der Waals surface area (Å²) in [7, 11) is 0. The van der Waals surface area contributed by atoms with Crippen molar-refractivity contribution in [3.05, 3.63) is 18.0 Å². The molecule has 106 valence electrons. The summed E-state index contributed by atoms with van der Waals surface area (Å²) in [6.45, 7) is 5.03. The number of halogens is 2. The van der Waals surface area contributed by atoms with Crippen LogP contribution in [0, 0.1) is 5.41 Å². The van der Waals surface area contributed by atoms with Gasteiger partial charge in [0.1, 0.15) is 0 Å². The molecule has 19 heavy (non-hydrogen) atoms. The SMILES string of the molecule is CC(C)n1cc([C@@H]2NCC23CCC(F)(F)CC3)cn1. The van der Waals surface area contributed by atoms with Crippen LogP contribution in [0.2, 0.25) is 0 Å². The molecule has 1 spiro atoms. The first kappa shape index (κ1) is 13.0. The Morgan fingerprint density at radius 3 is 2.47 bits per heavy atom. The highest BCUT2D eigenvalue weighted by molar-refractivity contribution is 5.21. The molecule has 1 aliphatic carbocycles. The third-order valence-electron chi connectivity index (χ3n) is 4.73. The van der Waals surface area contributed by atoms with E-state index in [9.17, 15) is 8.78 Å². The number of aromatic nitrogens is 2. The highest BCUT2D eigenvalue weighted by Gasteiger charge is 2.52. The van der Waals surface area contributed by atoms with E-state index in [1.54, 1.807) is 0 Å². The first-order valence-corrected chi connectivity index (χ1v) is 7.07. The number of hydrogen-bond donors (Lipinski definition) is 1. The van der Waals surface area contributed by atoms with Crippen LogP contribution in [0.3, 0.4) is 0 Å². The van der Waals surface area contributed by atoms with E-state index in [0.29, 0.717) is 18.9 Å². The van der Waals surface area contributed by atoms with E-state index < -0.39 is 5.92 Å². The monoisotopic (exact) mass is 269 g/mol. The summed E-state index contributed by atoms with van der Waals surface area (Å²) in [5, 5.41) is 7.76. The minimum atomic E-state index is -2.45. The molecule has 5 heteroatoms. The molecular weight excluding hydrogens is 248 g/mol. The molecule has 3 nitrogen and oxygen atoms in total. The molecule has 2 aliphatic rings. The van der Waals surface area contributed by atoms with Crippen LogP contribution in [-0.2, 0) is 0 Å². The Bertz CT molecular complexity index is 457. The van der Waals surface area contributed by atoms with E-state index in [1.807, 2.05) is 10.9 Å². The Morgan fingerprint density at radius 2 is 2.00 bits per heavy atom. The van der Waals surface area contributed by atoms with E-state index in [1.165, 1.54) is 0 Å². The molecule has 3 rings (SSSR count). The van der Waals surface area contributed by atoms with Crippen molar-refractivity contribution in [1.29, 1.82) is 0 Å². The van der Waals surface area contributed by atoms with E-state index in [2.05, 4.69) is 30.5 Å². The second kappa shape index (κ2) is 4.27. The lowest BCUT2D eigenvalue weighted by molar-refractivity contribution is -0.0955. The van der Waals surface area contributed by atoms with Gasteiger partial charge in [-0.3, -0.25) is 4.68 Å². The number of hydrogen-bond acceptors (Lipinski definition) is 2. The fourth-order valence-corrected chi connectivity index (χ4v) is 3.33. The molecule has 1 saturated heterocycles. The molecule has 1 atom stereocenters. The minimum absolute atomic E-state index is 0.0312. The fraction of sp³-hybridized carbons (Fsp3) is 0.786. The van der Waals surface area contributed by atoms with E-state index in [0.717, 1.165) is 12.1 Å². The van der Waals surface area contributed by atoms with Gasteiger partial charge in [0.25, 0.3) is 0 Å². The molecule has 2 fully saturated rings. The maximum absolute atomic E-state index is 13.3. The lowest BCUT2D eigenvalue weighted by Crippen LogP contribution is -2.58. The maximum Gasteiger partial charge on any atom is 0.248 e. The van der Waals surface area contributed by atoms with Gasteiger partial charge in [-0.2, -0.15) is 5.10 Å². The largest absolute Gasteiger partial charge is 0.309 e. The highest BCUT2D eigenvalue weighted by Crippen LogP contribution is 2.54. The number of alkyl halides is 2. The summed E-state index contributed by atoms with van der Waals surface area (Å²) in [4.78, 5) is 0. The van der Waals surface area contributed by atoms with Crippen molar-refractivity contribution in [3.8, 4) is 0 Å². The van der Waals surface area contributed by atoms with Crippen LogP contribution >= 0.6 is 0 Å². The predicted molar refractivity (Wildman–Crippen MR) is 69.2 cm³/mol. The number of rotatable bonds is 2. The zero-order chi connectivity index (χ0) is 13.7. The minimum Gasteiger partial charge on any atom is -0.309 e. The van der Waals surface area contributed by atoms with E-state index in [-0.39, 0.29) is 24.3 Å². The summed E-state index contributed by atoms with van der Waals surface area (Å²) in [5.74, 6) is -2.45. The molecule has 0 unspecified atom stereocenters. The van der Waals surface area contributed by atoms with Gasteiger partial charge in [-0.25, -0.2) is 8.78 Å². The van der Waals surface area contributed by atoms with Gasteiger partial charge in [-0.15, -0.1) is 0 Å². The number of nitrogens with one attached hydrogen (secondary N) is 1. The van der Waals surface area contributed by atoms with Crippen LogP contribution in [0.15, 0.2) is 12.4 Å². The van der Waals surface area contributed by atoms with Gasteiger partial charge in [0, 0.05) is 48.6 Å². The van der Waals surface area contributed by atoms with Gasteiger partial charge < -0.3 is 5.32 Å². The van der Waals surface area contributed by atoms with Gasteiger partial charge >= 0.3 is 0 Å². The zero-order valence-electron chi connectivity index (χ0n) is 11.5. The third kappa shape index (κ3) is 2.18. The van der Waals surface area contributed by atoms with Gasteiger partial charge in [0.2, 0.25) is 5.92 Å². The van der Waals surface area contributed by atoms with Crippen LogP contribution in [0.5, 0.6) is 0 Å². The fourth-order valence-electron chi connectivity index (χ4n) is 3.33. The van der Waals surface area contributed by atoms with E-state index in [4.69, 9.17) is 0 Å². The molecule has 0 aromatic carbocycles. The molecule has 0 amide bonds. The van der Waals surface area contributed by atoms with Crippen molar-refractivity contribution in [1.82, 2.24) is 15.1 Å². The second-order valence-electron chi connectivity index (χ2n) is 6.38. The first-order valence-electron chi connectivity index (χ1n) is 7.07. The average molecular weight is 269 g/mol. The lowest BCUT2D eigenvalue weighted by atomic mass is 9.62. The Morgan fingerprint density at radius 1 is 1.32 bits per heavy atom. The van der Waals surface area contributed by atoms with Crippen LogP contribution in [-0.4, -0.2) is 22.2 Å². The second-order valence-corrected chi connectivity index (χ2v) is 6.38. The van der Waals surface area contributed by atoms with E-state index >= 15 is 0 Å². The van der Waals surface area contributed by atoms with Crippen LogP contribution in [0.25, 0.3) is 0 Å². The van der Waals surface area contributed by atoms with Crippen molar-refractivity contribution in [2.24, 2.45) is 5.41 Å². The molecule has 0 radical (unpaired) electrons. The predicted octanol–water partition coefficient (Wildman–Crippen LogP) is 3.30. The van der Waals surface area contributed by atoms with Crippen molar-refractivity contribution in [2.45, 2.75) is 57.5 Å². The molecule has 0 bridgehead atoms. The highest BCUT2D eigenvalue weighted by atomic mass is 19.3. The topological polar surface area (TPSA) is 29.9 Å². The number of nitrogens with zero attached hydrogens (tertiary/aromatic N) is 2. The summed E-state index contributed by atoms with van der Waals surface area (Å²) in [6.07, 6.45) is 5.23. The van der Waals surface area contributed by atoms with Gasteiger partial charge in [0.15, 0.2) is 0 Å². The molecular formula is C14H21F2N3. The van der Waals surface area contributed by atoms with Crippen molar-refractivity contribution in [2.75, 3.05) is 6.54 Å². The Labute approximate surface area is 112 Å². The standard InChI is InChI=1S/C14H21F2N3/c1-10(2)19-8-11(7-18-19)12-13(9-17-12)3-5-14(15,16)6-4-13/h7-8,10,12,17H,3-6,9H2,1-2H3/t12-/m0/s1. The molecule has 2 heterocycles. The van der Waals surface area contributed by atoms with Gasteiger partial charge in [-0.05, 0) is 26.7 Å². The molecule has 1 N–H and O–H groups in total. The van der Waals surface area contributed by atoms with Crippen molar-refractivity contribution in [3.63, 3.8) is 0 Å². The quantitative estimate of drug-likeness (QED) is 0.892. The van der Waals surface area contributed by atoms with Gasteiger partial charge in [-0.1, -0.05) is 0 Å². The molecule has 1 aromatic rings. The average Bonchev–Trinajstić information content (AvgIpc) is 2.77. The molecule has 1 aliphatic heterocycles. The normalized spacial score (nSPS) is 28.6. The third-order valence-corrected chi connectivity index (χ3v) is 4.73. The van der Waals surface area contributed by atoms with Crippen LogP contribution < -0.4 is 5.32 Å². The first-order chi connectivity index (χ1) is 8.92. The molecule has 1 saturated carbocycles. The van der Waals surface area contributed by atoms with Gasteiger partial charge in [0.05, 0.1) is 6.20 Å². The Kier molecular flexibility index (Phi) is 2.93. The van der Waals surface area contributed by atoms with Crippen molar-refractivity contribution >= 4 is 0 Å². The lowest BCUT2D eigenvalue weighted by Gasteiger charge is -2.53. The summed E-state index contributed by atoms with van der Waals surface area (Å²) in [5.41, 5.74) is 1.18. The Balaban J connectivity index is 1.75.